The van der Waals surface area contributed by atoms with Crippen molar-refractivity contribution in [3.8, 4) is 0 Å². The van der Waals surface area contributed by atoms with Crippen molar-refractivity contribution in [1.29, 1.82) is 0 Å². The van der Waals surface area contributed by atoms with Crippen LogP contribution in [0, 0.1) is 0 Å². The van der Waals surface area contributed by atoms with Crippen LogP contribution in [0.4, 0.5) is 5.82 Å². The van der Waals surface area contributed by atoms with Gasteiger partial charge in [-0.1, -0.05) is 12.1 Å². The van der Waals surface area contributed by atoms with Gasteiger partial charge in [-0.3, -0.25) is 0 Å². The predicted molar refractivity (Wildman–Crippen MR) is 111 cm³/mol. The summed E-state index contributed by atoms with van der Waals surface area (Å²) in [5, 5.41) is 0. The molecule has 2 aliphatic heterocycles. The summed E-state index contributed by atoms with van der Waals surface area (Å²) in [6.45, 7) is 3.18. The van der Waals surface area contributed by atoms with Crippen LogP contribution in [0.3, 0.4) is 0 Å². The molecule has 0 N–H and O–H groups in total. The lowest BCUT2D eigenvalue weighted by Gasteiger charge is -2.26. The molecule has 2 saturated heterocycles. The Morgan fingerprint density at radius 1 is 1.07 bits per heavy atom. The number of aromatic nitrogens is 1. The topological polar surface area (TPSA) is 89.0 Å². The molecule has 9 heteroatoms. The fourth-order valence-electron chi connectivity index (χ4n) is 3.70. The van der Waals surface area contributed by atoms with Gasteiger partial charge in [-0.25, -0.2) is 18.2 Å². The van der Waals surface area contributed by atoms with Crippen molar-refractivity contribution < 1.29 is 22.7 Å². The van der Waals surface area contributed by atoms with Crippen LogP contribution in [0.15, 0.2) is 47.5 Å². The SMILES string of the molecule is O=C(OCc1cccc(S(=O)(=O)N2CCOCC2)c1)c1cccnc1N1CCCC1. The van der Waals surface area contributed by atoms with Crippen LogP contribution in [-0.4, -0.2) is 63.1 Å². The highest BCUT2D eigenvalue weighted by molar-refractivity contribution is 7.89. The molecule has 1 aromatic carbocycles. The Labute approximate surface area is 176 Å². The standard InChI is InChI=1S/C21H25N3O5S/c25-21(19-7-4-8-22-20(19)23-9-1-2-10-23)29-16-17-5-3-6-18(15-17)30(26,27)24-11-13-28-14-12-24/h3-8,15H,1-2,9-14,16H2. The van der Waals surface area contributed by atoms with Gasteiger partial charge in [0.1, 0.15) is 18.0 Å². The Morgan fingerprint density at radius 2 is 1.83 bits per heavy atom. The van der Waals surface area contributed by atoms with Gasteiger partial charge < -0.3 is 14.4 Å². The first kappa shape index (κ1) is 20.8. The second-order valence-electron chi connectivity index (χ2n) is 7.31. The predicted octanol–water partition coefficient (Wildman–Crippen LogP) is 2.06. The highest BCUT2D eigenvalue weighted by atomic mass is 32.2. The van der Waals surface area contributed by atoms with E-state index in [0.29, 0.717) is 43.2 Å². The summed E-state index contributed by atoms with van der Waals surface area (Å²) in [4.78, 5) is 19.3. The molecule has 0 amide bonds. The second kappa shape index (κ2) is 9.11. The van der Waals surface area contributed by atoms with E-state index in [1.165, 1.54) is 4.31 Å². The van der Waals surface area contributed by atoms with Crippen molar-refractivity contribution in [2.75, 3.05) is 44.3 Å². The Morgan fingerprint density at radius 3 is 2.60 bits per heavy atom. The number of morpholine rings is 1. The Hall–Kier alpha value is -2.49. The maximum absolute atomic E-state index is 12.8. The molecule has 2 aromatic rings. The van der Waals surface area contributed by atoms with Gasteiger partial charge in [0.2, 0.25) is 10.0 Å². The van der Waals surface area contributed by atoms with E-state index in [0.717, 1.165) is 25.9 Å². The van der Waals surface area contributed by atoms with Crippen molar-refractivity contribution in [2.24, 2.45) is 0 Å². The molecular weight excluding hydrogens is 406 g/mol. The van der Waals surface area contributed by atoms with Crippen molar-refractivity contribution >= 4 is 21.8 Å². The van der Waals surface area contributed by atoms with Crippen molar-refractivity contribution in [3.05, 3.63) is 53.7 Å². The first-order valence-electron chi connectivity index (χ1n) is 10.1. The first-order valence-corrected chi connectivity index (χ1v) is 11.5. The third-order valence-corrected chi connectivity index (χ3v) is 7.18. The zero-order valence-electron chi connectivity index (χ0n) is 16.7. The average Bonchev–Trinajstić information content (AvgIpc) is 3.33. The minimum Gasteiger partial charge on any atom is -0.457 e. The smallest absolute Gasteiger partial charge is 0.342 e. The second-order valence-corrected chi connectivity index (χ2v) is 9.25. The van der Waals surface area contributed by atoms with Gasteiger partial charge >= 0.3 is 5.97 Å². The van der Waals surface area contributed by atoms with Crippen LogP contribution in [-0.2, 0) is 26.1 Å². The van der Waals surface area contributed by atoms with Crippen molar-refractivity contribution in [1.82, 2.24) is 9.29 Å². The van der Waals surface area contributed by atoms with Crippen molar-refractivity contribution in [3.63, 3.8) is 0 Å². The van der Waals surface area contributed by atoms with Gasteiger partial charge in [-0.2, -0.15) is 4.31 Å². The summed E-state index contributed by atoms with van der Waals surface area (Å²) in [5.41, 5.74) is 1.04. The summed E-state index contributed by atoms with van der Waals surface area (Å²) in [7, 11) is -3.60. The summed E-state index contributed by atoms with van der Waals surface area (Å²) in [6, 6.07) is 9.95. The number of nitrogens with zero attached hydrogens (tertiary/aromatic N) is 3. The zero-order valence-corrected chi connectivity index (χ0v) is 17.5. The number of hydrogen-bond acceptors (Lipinski definition) is 7. The zero-order chi connectivity index (χ0) is 21.0. The van der Waals surface area contributed by atoms with Crippen LogP contribution in [0.25, 0.3) is 0 Å². The molecule has 160 valence electrons. The average molecular weight is 432 g/mol. The highest BCUT2D eigenvalue weighted by Gasteiger charge is 2.26. The number of hydrogen-bond donors (Lipinski definition) is 0. The number of anilines is 1. The summed E-state index contributed by atoms with van der Waals surface area (Å²) < 4.78 is 37.8. The van der Waals surface area contributed by atoms with Gasteiger partial charge in [-0.15, -0.1) is 0 Å². The fraction of sp³-hybridized carbons (Fsp3) is 0.429. The number of carbonyl (C=O) groups is 1. The number of esters is 1. The Kier molecular flexibility index (Phi) is 6.31. The molecule has 1 aromatic heterocycles. The summed E-state index contributed by atoms with van der Waals surface area (Å²) in [5.74, 6) is 0.176. The molecular formula is C21H25N3O5S. The molecule has 2 fully saturated rings. The molecule has 0 aliphatic carbocycles. The number of sulfonamides is 1. The third kappa shape index (κ3) is 4.48. The molecule has 0 spiro atoms. The molecule has 4 rings (SSSR count). The minimum absolute atomic E-state index is 0.0142. The maximum atomic E-state index is 12.8. The van der Waals surface area contributed by atoms with Crippen LogP contribution in [0.5, 0.6) is 0 Å². The molecule has 3 heterocycles. The van der Waals surface area contributed by atoms with Crippen LogP contribution < -0.4 is 4.90 Å². The van der Waals surface area contributed by atoms with Gasteiger partial charge in [-0.05, 0) is 42.7 Å². The summed E-state index contributed by atoms with van der Waals surface area (Å²) >= 11 is 0. The number of benzene rings is 1. The summed E-state index contributed by atoms with van der Waals surface area (Å²) in [6.07, 6.45) is 3.83. The van der Waals surface area contributed by atoms with Gasteiger partial charge in [0, 0.05) is 32.4 Å². The lowest BCUT2D eigenvalue weighted by molar-refractivity contribution is 0.0473. The van der Waals surface area contributed by atoms with E-state index in [9.17, 15) is 13.2 Å². The van der Waals surface area contributed by atoms with E-state index in [1.807, 2.05) is 0 Å². The van der Waals surface area contributed by atoms with Crippen LogP contribution >= 0.6 is 0 Å². The number of ether oxygens (including phenoxy) is 2. The number of rotatable bonds is 6. The number of pyridine rings is 1. The van der Waals surface area contributed by atoms with E-state index < -0.39 is 16.0 Å². The fourth-order valence-corrected chi connectivity index (χ4v) is 5.17. The lowest BCUT2D eigenvalue weighted by atomic mass is 10.2. The minimum atomic E-state index is -3.60. The molecule has 0 unspecified atom stereocenters. The van der Waals surface area contributed by atoms with E-state index in [1.54, 1.807) is 42.6 Å². The van der Waals surface area contributed by atoms with Gasteiger partial charge in [0.05, 0.1) is 18.1 Å². The highest BCUT2D eigenvalue weighted by Crippen LogP contribution is 2.23. The Balaban J connectivity index is 1.46. The van der Waals surface area contributed by atoms with Gasteiger partial charge in [0.25, 0.3) is 0 Å². The van der Waals surface area contributed by atoms with Crippen LogP contribution in [0.1, 0.15) is 28.8 Å². The molecule has 30 heavy (non-hydrogen) atoms. The molecule has 0 saturated carbocycles. The quantitative estimate of drug-likeness (QED) is 0.647. The third-order valence-electron chi connectivity index (χ3n) is 5.29. The van der Waals surface area contributed by atoms with Crippen molar-refractivity contribution in [2.45, 2.75) is 24.3 Å². The molecule has 0 atom stereocenters. The largest absolute Gasteiger partial charge is 0.457 e. The monoisotopic (exact) mass is 431 g/mol. The Bertz CT molecular complexity index is 999. The van der Waals surface area contributed by atoms with E-state index >= 15 is 0 Å². The molecule has 0 radical (unpaired) electrons. The molecule has 8 nitrogen and oxygen atoms in total. The normalized spacial score (nSPS) is 17.8. The number of carbonyl (C=O) groups excluding carboxylic acids is 1. The van der Waals surface area contributed by atoms with E-state index in [4.69, 9.17) is 9.47 Å². The molecule has 0 bridgehead atoms. The van der Waals surface area contributed by atoms with Gasteiger partial charge in [0.15, 0.2) is 0 Å². The molecule has 2 aliphatic rings. The van der Waals surface area contributed by atoms with E-state index in [-0.39, 0.29) is 11.5 Å². The van der Waals surface area contributed by atoms with E-state index in [2.05, 4.69) is 9.88 Å². The maximum Gasteiger partial charge on any atom is 0.342 e. The van der Waals surface area contributed by atoms with Crippen LogP contribution in [0.2, 0.25) is 0 Å². The lowest BCUT2D eigenvalue weighted by Crippen LogP contribution is -2.40. The first-order chi connectivity index (χ1) is 14.6.